The molecule has 9 heteroatoms. The minimum absolute atomic E-state index is 0.0355. The van der Waals surface area contributed by atoms with Crippen molar-refractivity contribution >= 4 is 34.8 Å². The van der Waals surface area contributed by atoms with Gasteiger partial charge in [0.1, 0.15) is 0 Å². The topological polar surface area (TPSA) is 66.4 Å². The maximum atomic E-state index is 13.1. The molecule has 0 aliphatic rings. The third kappa shape index (κ3) is 5.57. The molecular weight excluding hydrogens is 475 g/mol. The van der Waals surface area contributed by atoms with Crippen LogP contribution in [0, 0.1) is 13.8 Å². The number of carbonyl (C=O) groups is 2. The summed E-state index contributed by atoms with van der Waals surface area (Å²) >= 11 is 7.45. The summed E-state index contributed by atoms with van der Waals surface area (Å²) in [6.45, 7) is 5.38. The Balaban J connectivity index is 1.86. The maximum Gasteiger partial charge on any atom is 0.416 e. The van der Waals surface area contributed by atoms with Crippen molar-refractivity contribution in [1.29, 1.82) is 0 Å². The van der Waals surface area contributed by atoms with E-state index in [1.165, 1.54) is 29.5 Å². The molecule has 1 aromatic heterocycles. The van der Waals surface area contributed by atoms with Gasteiger partial charge in [-0.3, -0.25) is 4.79 Å². The second kappa shape index (κ2) is 9.57. The molecule has 1 atom stereocenters. The number of benzene rings is 2. The normalized spacial score (nSPS) is 12.5. The van der Waals surface area contributed by atoms with Gasteiger partial charge in [-0.1, -0.05) is 35.9 Å². The quantitative estimate of drug-likeness (QED) is 0.394. The first-order chi connectivity index (χ1) is 15.4. The number of aryl methyl sites for hydroxylation is 2. The number of nitrogens with one attached hydrogen (secondary N) is 1. The lowest BCUT2D eigenvalue weighted by Gasteiger charge is -2.16. The van der Waals surface area contributed by atoms with Crippen LogP contribution in [0.25, 0.3) is 0 Å². The van der Waals surface area contributed by atoms with Gasteiger partial charge in [0.15, 0.2) is 0 Å². The molecule has 0 bridgehead atoms. The highest BCUT2D eigenvalue weighted by molar-refractivity contribution is 7.12. The molecule has 3 rings (SSSR count). The smallest absolute Gasteiger partial charge is 0.416 e. The Morgan fingerprint density at radius 2 is 1.82 bits per heavy atom. The van der Waals surface area contributed by atoms with Crippen molar-refractivity contribution in [2.75, 3.05) is 0 Å². The number of hydrogen-bond donors (Lipinski definition) is 2. The fourth-order valence-corrected chi connectivity index (χ4v) is 4.97. The molecule has 0 saturated heterocycles. The lowest BCUT2D eigenvalue weighted by molar-refractivity contribution is -0.137. The molecule has 3 aromatic rings. The molecule has 0 saturated carbocycles. The third-order valence-electron chi connectivity index (χ3n) is 5.32. The van der Waals surface area contributed by atoms with E-state index in [0.717, 1.165) is 21.9 Å². The van der Waals surface area contributed by atoms with Gasteiger partial charge >= 0.3 is 12.1 Å². The number of alkyl halides is 3. The molecule has 33 heavy (non-hydrogen) atoms. The van der Waals surface area contributed by atoms with Crippen LogP contribution in [0.5, 0.6) is 0 Å². The lowest BCUT2D eigenvalue weighted by atomic mass is 9.98. The monoisotopic (exact) mass is 495 g/mol. The van der Waals surface area contributed by atoms with Crippen molar-refractivity contribution in [1.82, 2.24) is 5.32 Å². The number of amides is 1. The summed E-state index contributed by atoms with van der Waals surface area (Å²) in [5, 5.41) is 12.1. The predicted octanol–water partition coefficient (Wildman–Crippen LogP) is 6.82. The SMILES string of the molecule is Cc1sc(C)c(C(=O)N[C@@H](C)c2ccc(C(=O)O)c(Cl)c2)c1Cc1cccc(C(F)(F)F)c1. The van der Waals surface area contributed by atoms with Crippen LogP contribution in [0.15, 0.2) is 42.5 Å². The van der Waals surface area contributed by atoms with E-state index in [0.29, 0.717) is 22.3 Å². The van der Waals surface area contributed by atoms with Crippen molar-refractivity contribution in [2.24, 2.45) is 0 Å². The fraction of sp³-hybridized carbons (Fsp3) is 0.250. The van der Waals surface area contributed by atoms with Gasteiger partial charge in [-0.05, 0) is 62.1 Å². The summed E-state index contributed by atoms with van der Waals surface area (Å²) < 4.78 is 39.3. The molecule has 0 radical (unpaired) electrons. The summed E-state index contributed by atoms with van der Waals surface area (Å²) in [6, 6.07) is 9.06. The summed E-state index contributed by atoms with van der Waals surface area (Å²) in [6.07, 6.45) is -4.25. The first-order valence-corrected chi connectivity index (χ1v) is 11.2. The van der Waals surface area contributed by atoms with E-state index in [1.807, 2.05) is 6.92 Å². The van der Waals surface area contributed by atoms with Gasteiger partial charge in [0.05, 0.1) is 27.8 Å². The van der Waals surface area contributed by atoms with Crippen LogP contribution in [-0.4, -0.2) is 17.0 Å². The van der Waals surface area contributed by atoms with E-state index < -0.39 is 23.8 Å². The Bertz CT molecular complexity index is 1220. The van der Waals surface area contributed by atoms with Crippen molar-refractivity contribution in [3.8, 4) is 0 Å². The summed E-state index contributed by atoms with van der Waals surface area (Å²) in [5.74, 6) is -1.50. The number of halogens is 4. The van der Waals surface area contributed by atoms with Gasteiger partial charge in [0, 0.05) is 9.75 Å². The number of carboxylic acids is 1. The molecule has 0 spiro atoms. The standard InChI is InChI=1S/C24H21ClF3NO3S/c1-12(16-7-8-18(23(31)32)20(25)11-16)29-22(30)21-14(3)33-13(2)19(21)10-15-5-4-6-17(9-15)24(26,27)28/h4-9,11-12H,10H2,1-3H3,(H,29,30)(H,31,32)/t12-/m0/s1. The highest BCUT2D eigenvalue weighted by Crippen LogP contribution is 2.33. The second-order valence-corrected chi connectivity index (χ2v) is 9.52. The van der Waals surface area contributed by atoms with Crippen LogP contribution in [0.1, 0.15) is 65.7 Å². The van der Waals surface area contributed by atoms with E-state index >= 15 is 0 Å². The maximum absolute atomic E-state index is 13.1. The van der Waals surface area contributed by atoms with Crippen LogP contribution >= 0.6 is 22.9 Å². The van der Waals surface area contributed by atoms with Gasteiger partial charge in [0.2, 0.25) is 0 Å². The number of carboxylic acid groups (broad SMARTS) is 1. The molecule has 174 valence electrons. The molecule has 1 amide bonds. The number of thiophene rings is 1. The van der Waals surface area contributed by atoms with Crippen LogP contribution in [-0.2, 0) is 12.6 Å². The Labute approximate surface area is 198 Å². The van der Waals surface area contributed by atoms with E-state index in [2.05, 4.69) is 5.32 Å². The molecule has 2 aromatic carbocycles. The molecule has 2 N–H and O–H groups in total. The Hall–Kier alpha value is -2.84. The molecular formula is C24H21ClF3NO3S. The van der Waals surface area contributed by atoms with E-state index in [9.17, 15) is 22.8 Å². The van der Waals surface area contributed by atoms with E-state index in [-0.39, 0.29) is 22.9 Å². The number of aromatic carboxylic acids is 1. The zero-order chi connectivity index (χ0) is 24.5. The van der Waals surface area contributed by atoms with Gasteiger partial charge in [-0.2, -0.15) is 13.2 Å². The number of hydrogen-bond acceptors (Lipinski definition) is 3. The summed E-state index contributed by atoms with van der Waals surface area (Å²) in [5.41, 5.74) is 1.44. The number of rotatable bonds is 6. The summed E-state index contributed by atoms with van der Waals surface area (Å²) in [7, 11) is 0. The Morgan fingerprint density at radius 3 is 2.42 bits per heavy atom. The first kappa shape index (κ1) is 24.8. The fourth-order valence-electron chi connectivity index (χ4n) is 3.63. The lowest BCUT2D eigenvalue weighted by Crippen LogP contribution is -2.27. The van der Waals surface area contributed by atoms with Gasteiger partial charge in [-0.15, -0.1) is 11.3 Å². The molecule has 0 aliphatic carbocycles. The first-order valence-electron chi connectivity index (χ1n) is 9.97. The molecule has 0 aliphatic heterocycles. The largest absolute Gasteiger partial charge is 0.478 e. The van der Waals surface area contributed by atoms with Crippen LogP contribution in [0.3, 0.4) is 0 Å². The van der Waals surface area contributed by atoms with E-state index in [1.54, 1.807) is 26.0 Å². The average Bonchev–Trinajstić information content (AvgIpc) is 3.00. The third-order valence-corrected chi connectivity index (χ3v) is 6.69. The molecule has 0 unspecified atom stereocenters. The van der Waals surface area contributed by atoms with Gasteiger partial charge < -0.3 is 10.4 Å². The van der Waals surface area contributed by atoms with Gasteiger partial charge in [-0.25, -0.2) is 4.79 Å². The van der Waals surface area contributed by atoms with Crippen molar-refractivity contribution in [2.45, 2.75) is 39.4 Å². The van der Waals surface area contributed by atoms with Crippen LogP contribution < -0.4 is 5.32 Å². The number of carbonyl (C=O) groups excluding carboxylic acids is 1. The van der Waals surface area contributed by atoms with Crippen molar-refractivity contribution < 1.29 is 27.9 Å². The molecule has 0 fully saturated rings. The second-order valence-electron chi connectivity index (χ2n) is 7.68. The van der Waals surface area contributed by atoms with E-state index in [4.69, 9.17) is 16.7 Å². The Morgan fingerprint density at radius 1 is 1.12 bits per heavy atom. The minimum Gasteiger partial charge on any atom is -0.478 e. The van der Waals surface area contributed by atoms with Crippen LogP contribution in [0.2, 0.25) is 5.02 Å². The van der Waals surface area contributed by atoms with Crippen LogP contribution in [0.4, 0.5) is 13.2 Å². The minimum atomic E-state index is -4.44. The predicted molar refractivity (Wildman–Crippen MR) is 122 cm³/mol. The zero-order valence-electron chi connectivity index (χ0n) is 18.0. The van der Waals surface area contributed by atoms with Crippen molar-refractivity contribution in [3.05, 3.63) is 90.6 Å². The summed E-state index contributed by atoms with van der Waals surface area (Å²) in [4.78, 5) is 25.9. The highest BCUT2D eigenvalue weighted by atomic mass is 35.5. The molecule has 4 nitrogen and oxygen atoms in total. The highest BCUT2D eigenvalue weighted by Gasteiger charge is 2.30. The van der Waals surface area contributed by atoms with Crippen molar-refractivity contribution in [3.63, 3.8) is 0 Å². The zero-order valence-corrected chi connectivity index (χ0v) is 19.6. The molecule has 1 heterocycles. The average molecular weight is 496 g/mol. The van der Waals surface area contributed by atoms with Gasteiger partial charge in [0.25, 0.3) is 5.91 Å². The Kier molecular flexibility index (Phi) is 7.19.